The lowest BCUT2D eigenvalue weighted by molar-refractivity contribution is -0.284. The number of aliphatic hydroxyl groups excluding tert-OH is 8. The number of nitrogens with two attached hydrogens (primary N) is 1. The number of amides is 4. The average Bonchev–Trinajstić information content (AvgIpc) is 3.22. The van der Waals surface area contributed by atoms with Gasteiger partial charge in [-0.15, -0.1) is 0 Å². The summed E-state index contributed by atoms with van der Waals surface area (Å²) < 4.78 is 10.5. The normalized spacial score (nSPS) is 27.7. The number of ether oxygens (including phenoxy) is 2. The van der Waals surface area contributed by atoms with Crippen LogP contribution in [0.3, 0.4) is 0 Å². The van der Waals surface area contributed by atoms with E-state index in [4.69, 9.17) is 15.2 Å². The van der Waals surface area contributed by atoms with Crippen molar-refractivity contribution >= 4 is 29.6 Å². The van der Waals surface area contributed by atoms with Crippen molar-refractivity contribution in [2.24, 2.45) is 11.7 Å². The van der Waals surface area contributed by atoms with Crippen LogP contribution in [-0.2, 0) is 46.3 Å². The molecule has 2 unspecified atom stereocenters. The minimum absolute atomic E-state index is 0.0563. The van der Waals surface area contributed by atoms with E-state index in [1.165, 1.54) is 24.3 Å². The number of carboxylic acid groups (broad SMARTS) is 1. The van der Waals surface area contributed by atoms with Crippen molar-refractivity contribution in [3.8, 4) is 5.75 Å². The summed E-state index contributed by atoms with van der Waals surface area (Å²) in [6.07, 6.45) is -19.4. The van der Waals surface area contributed by atoms with Gasteiger partial charge in [0.15, 0.2) is 12.6 Å². The van der Waals surface area contributed by atoms with E-state index in [2.05, 4.69) is 10.6 Å². The summed E-state index contributed by atoms with van der Waals surface area (Å²) in [6, 6.07) is 9.85. The van der Waals surface area contributed by atoms with Crippen molar-refractivity contribution in [3.05, 3.63) is 65.7 Å². The Morgan fingerprint density at radius 2 is 1.18 bits per heavy atom. The predicted molar refractivity (Wildman–Crippen MR) is 212 cm³/mol. The van der Waals surface area contributed by atoms with Crippen LogP contribution in [0.4, 0.5) is 0 Å². The van der Waals surface area contributed by atoms with Gasteiger partial charge in [0.1, 0.15) is 66.7 Å². The molecule has 13 atom stereocenters. The van der Waals surface area contributed by atoms with Crippen LogP contribution >= 0.6 is 0 Å². The van der Waals surface area contributed by atoms with Crippen LogP contribution < -0.4 is 16.4 Å². The van der Waals surface area contributed by atoms with Gasteiger partial charge < -0.3 is 86.7 Å². The molecule has 4 rings (SSSR count). The molecule has 2 aliphatic heterocycles. The fourth-order valence-corrected chi connectivity index (χ4v) is 6.99. The predicted octanol–water partition coefficient (Wildman–Crippen LogP) is -5.14. The van der Waals surface area contributed by atoms with Crippen LogP contribution in [0.1, 0.15) is 31.4 Å². The number of hydrogen-bond donors (Lipinski definition) is 13. The Balaban J connectivity index is 1.66. The first-order chi connectivity index (χ1) is 29.2. The quantitative estimate of drug-likeness (QED) is 0.0627. The molecule has 344 valence electrons. The largest absolute Gasteiger partial charge is 0.508 e. The van der Waals surface area contributed by atoms with Crippen molar-refractivity contribution in [2.75, 3.05) is 26.2 Å². The molecule has 62 heavy (non-hydrogen) atoms. The first-order valence-electron chi connectivity index (χ1n) is 19.9. The van der Waals surface area contributed by atoms with Gasteiger partial charge in [-0.05, 0) is 42.0 Å². The van der Waals surface area contributed by atoms with Crippen molar-refractivity contribution in [1.82, 2.24) is 20.4 Å². The van der Waals surface area contributed by atoms with Crippen molar-refractivity contribution < 1.29 is 84.5 Å². The van der Waals surface area contributed by atoms with Gasteiger partial charge in [0.2, 0.25) is 23.6 Å². The van der Waals surface area contributed by atoms with Gasteiger partial charge in [-0.1, -0.05) is 56.3 Å². The van der Waals surface area contributed by atoms with Crippen molar-refractivity contribution in [2.45, 2.75) is 113 Å². The molecule has 0 aliphatic carbocycles. The monoisotopic (exact) mass is 879 g/mol. The first-order valence-corrected chi connectivity index (χ1v) is 19.9. The maximum absolute atomic E-state index is 14.3. The second-order valence-corrected chi connectivity index (χ2v) is 15.9. The topological polar surface area (TPSA) is 363 Å². The zero-order valence-corrected chi connectivity index (χ0v) is 34.0. The Morgan fingerprint density at radius 3 is 1.69 bits per heavy atom. The molecule has 4 amide bonds. The van der Waals surface area contributed by atoms with Crippen LogP contribution in [0.2, 0.25) is 0 Å². The van der Waals surface area contributed by atoms with E-state index in [9.17, 15) is 75.0 Å². The number of carbonyl (C=O) groups is 5. The number of nitrogens with zero attached hydrogens (tertiary/aromatic N) is 2. The zero-order chi connectivity index (χ0) is 46.0. The maximum atomic E-state index is 14.3. The Morgan fingerprint density at radius 1 is 0.661 bits per heavy atom. The third kappa shape index (κ3) is 13.6. The highest BCUT2D eigenvalue weighted by Crippen LogP contribution is 2.23. The van der Waals surface area contributed by atoms with Gasteiger partial charge in [-0.3, -0.25) is 19.2 Å². The molecule has 2 aliphatic rings. The SMILES string of the molecule is CC(C)C[C@H](NC(=O)[C@H](Cc1ccccc1)NC(=O)CN(C[C@H]1OC(O)[C@H](O)[C@@H](O)[C@H]1O)C(=O)CN(C[C@H]1OC(O)[C@H](O)[C@@H](O)[C@H]1O)C(=O)[C@@H](N)Cc1ccc(O)cc1)C(=O)O. The molecule has 0 saturated carbocycles. The van der Waals surface area contributed by atoms with E-state index >= 15 is 0 Å². The fraction of sp³-hybridized carbons (Fsp3) is 0.575. The van der Waals surface area contributed by atoms with E-state index < -0.39 is 135 Å². The Labute approximate surface area is 356 Å². The number of aliphatic hydroxyl groups is 8. The molecule has 0 aromatic heterocycles. The molecule has 22 heteroatoms. The number of carbonyl (C=O) groups excluding carboxylic acids is 4. The van der Waals surface area contributed by atoms with Crippen LogP contribution in [-0.4, -0.2) is 196 Å². The highest BCUT2D eigenvalue weighted by molar-refractivity contribution is 5.93. The minimum atomic E-state index is -2.06. The van der Waals surface area contributed by atoms with E-state index in [0.717, 1.165) is 9.80 Å². The van der Waals surface area contributed by atoms with Gasteiger partial charge in [-0.2, -0.15) is 0 Å². The van der Waals surface area contributed by atoms with Crippen LogP contribution in [0.5, 0.6) is 5.75 Å². The molecule has 2 aromatic rings. The third-order valence-corrected chi connectivity index (χ3v) is 10.5. The number of carboxylic acids is 1. The van der Waals surface area contributed by atoms with Gasteiger partial charge in [-0.25, -0.2) is 4.79 Å². The number of rotatable bonds is 19. The smallest absolute Gasteiger partial charge is 0.326 e. The van der Waals surface area contributed by atoms with E-state index in [1.54, 1.807) is 44.2 Å². The molecule has 14 N–H and O–H groups in total. The van der Waals surface area contributed by atoms with E-state index in [-0.39, 0.29) is 30.9 Å². The summed E-state index contributed by atoms with van der Waals surface area (Å²) in [5.41, 5.74) is 7.32. The van der Waals surface area contributed by atoms with Crippen LogP contribution in [0, 0.1) is 5.92 Å². The second-order valence-electron chi connectivity index (χ2n) is 15.9. The molecule has 0 radical (unpaired) electrons. The standard InChI is InChI=1S/C40H57N5O17/c1-19(2)12-25(38(57)58)43-36(55)24(14-20-6-4-3-5-7-20)42-28(47)17-44(15-26-30(49)32(51)34(53)39(59)61-26)29(48)18-45(16-27-31(50)33(52)35(54)40(60)62-27)37(56)23(41)13-21-8-10-22(46)11-9-21/h3-11,19,23-27,30-35,39-40,46,49-54,59-60H,12-18,41H2,1-2H3,(H,42,47)(H,43,55)(H,57,58)/t23-,24-,25-,26+,27+,30-,31-,32-,33-,34+,35+,39?,40?/m0/s1. The Bertz CT molecular complexity index is 1810. The second kappa shape index (κ2) is 22.5. The summed E-state index contributed by atoms with van der Waals surface area (Å²) in [7, 11) is 0. The summed E-state index contributed by atoms with van der Waals surface area (Å²) in [5, 5.41) is 107. The molecule has 0 spiro atoms. The van der Waals surface area contributed by atoms with Crippen molar-refractivity contribution in [3.63, 3.8) is 0 Å². The summed E-state index contributed by atoms with van der Waals surface area (Å²) in [6.45, 7) is 0.0112. The molecule has 2 fully saturated rings. The highest BCUT2D eigenvalue weighted by Gasteiger charge is 2.46. The average molecular weight is 880 g/mol. The lowest BCUT2D eigenvalue weighted by Gasteiger charge is -2.41. The molecule has 22 nitrogen and oxygen atoms in total. The lowest BCUT2D eigenvalue weighted by atomic mass is 9.98. The number of hydrogen-bond acceptors (Lipinski definition) is 17. The summed E-state index contributed by atoms with van der Waals surface area (Å²) in [5.74, 6) is -5.49. The maximum Gasteiger partial charge on any atom is 0.326 e. The van der Waals surface area contributed by atoms with E-state index in [0.29, 0.717) is 11.1 Å². The summed E-state index contributed by atoms with van der Waals surface area (Å²) >= 11 is 0. The number of aromatic hydroxyl groups is 1. The van der Waals surface area contributed by atoms with Crippen molar-refractivity contribution in [1.29, 1.82) is 0 Å². The fourth-order valence-electron chi connectivity index (χ4n) is 6.99. The van der Waals surface area contributed by atoms with E-state index in [1.807, 2.05) is 0 Å². The van der Waals surface area contributed by atoms with Gasteiger partial charge >= 0.3 is 5.97 Å². The van der Waals surface area contributed by atoms with Gasteiger partial charge in [0.05, 0.1) is 32.2 Å². The number of phenols is 1. The Kier molecular flexibility index (Phi) is 18.1. The van der Waals surface area contributed by atoms with Crippen LogP contribution in [0.25, 0.3) is 0 Å². The molecule has 2 saturated heterocycles. The molecule has 0 bridgehead atoms. The molecular weight excluding hydrogens is 822 g/mol. The summed E-state index contributed by atoms with van der Waals surface area (Å²) in [4.78, 5) is 69.4. The number of aliphatic carboxylic acids is 1. The van der Waals surface area contributed by atoms with Crippen LogP contribution in [0.15, 0.2) is 54.6 Å². The Hall–Kier alpha value is -4.85. The number of benzene rings is 2. The van der Waals surface area contributed by atoms with Gasteiger partial charge in [0.25, 0.3) is 0 Å². The minimum Gasteiger partial charge on any atom is -0.508 e. The molecular formula is C40H57N5O17. The molecule has 2 aromatic carbocycles. The zero-order valence-electron chi connectivity index (χ0n) is 34.0. The third-order valence-electron chi connectivity index (χ3n) is 10.5. The number of phenolic OH excluding ortho intramolecular Hbond substituents is 1. The lowest BCUT2D eigenvalue weighted by Crippen LogP contribution is -2.63. The van der Waals surface area contributed by atoms with Gasteiger partial charge in [0, 0.05) is 6.42 Å². The highest BCUT2D eigenvalue weighted by atomic mass is 16.6. The number of nitrogens with one attached hydrogen (secondary N) is 2. The molecule has 2 heterocycles. The first kappa shape index (κ1) is 49.8.